The molecular weight excluding hydrogens is 338 g/mol. The first-order valence-electron chi connectivity index (χ1n) is 10.8. The maximum atomic E-state index is 11.8. The third-order valence-electron chi connectivity index (χ3n) is 4.60. The Hall–Kier alpha value is -1.58. The zero-order valence-electron chi connectivity index (χ0n) is 17.7. The molecule has 0 saturated heterocycles. The Bertz CT molecular complexity index is 441. The SMILES string of the molecule is CCCCC/C=C\C/C=C\CCCCCCCC(=O)NC(C(=O)O)C(C)C. The van der Waals surface area contributed by atoms with Crippen LogP contribution in [0.5, 0.6) is 0 Å². The van der Waals surface area contributed by atoms with Gasteiger partial charge < -0.3 is 10.4 Å². The van der Waals surface area contributed by atoms with Crippen LogP contribution in [-0.2, 0) is 9.59 Å². The summed E-state index contributed by atoms with van der Waals surface area (Å²) in [5, 5.41) is 11.7. The Morgan fingerprint density at radius 1 is 0.852 bits per heavy atom. The number of carbonyl (C=O) groups excluding carboxylic acids is 1. The van der Waals surface area contributed by atoms with Gasteiger partial charge in [-0.3, -0.25) is 4.79 Å². The number of aliphatic carboxylic acids is 1. The van der Waals surface area contributed by atoms with Crippen molar-refractivity contribution in [1.29, 1.82) is 0 Å². The van der Waals surface area contributed by atoms with Crippen LogP contribution in [0.15, 0.2) is 24.3 Å². The first-order chi connectivity index (χ1) is 13.0. The summed E-state index contributed by atoms with van der Waals surface area (Å²) in [4.78, 5) is 22.9. The number of carboxylic acids is 1. The molecule has 0 heterocycles. The highest BCUT2D eigenvalue weighted by Crippen LogP contribution is 2.09. The molecule has 4 nitrogen and oxygen atoms in total. The van der Waals surface area contributed by atoms with Crippen molar-refractivity contribution in [3.63, 3.8) is 0 Å². The molecule has 0 aromatic carbocycles. The van der Waals surface area contributed by atoms with Crippen LogP contribution in [0.4, 0.5) is 0 Å². The Morgan fingerprint density at radius 2 is 1.41 bits per heavy atom. The lowest BCUT2D eigenvalue weighted by Crippen LogP contribution is -2.44. The number of amides is 1. The quantitative estimate of drug-likeness (QED) is 0.240. The molecule has 0 aromatic rings. The van der Waals surface area contributed by atoms with Gasteiger partial charge in [0.2, 0.25) is 5.91 Å². The van der Waals surface area contributed by atoms with Crippen molar-refractivity contribution >= 4 is 11.9 Å². The molecule has 0 radical (unpaired) electrons. The Labute approximate surface area is 166 Å². The van der Waals surface area contributed by atoms with Crippen molar-refractivity contribution in [2.24, 2.45) is 5.92 Å². The van der Waals surface area contributed by atoms with Gasteiger partial charge in [-0.15, -0.1) is 0 Å². The van der Waals surface area contributed by atoms with Crippen molar-refractivity contribution < 1.29 is 14.7 Å². The van der Waals surface area contributed by atoms with Crippen LogP contribution in [-0.4, -0.2) is 23.0 Å². The highest BCUT2D eigenvalue weighted by molar-refractivity contribution is 5.83. The fraction of sp³-hybridized carbons (Fsp3) is 0.739. The van der Waals surface area contributed by atoms with E-state index < -0.39 is 12.0 Å². The van der Waals surface area contributed by atoms with Crippen LogP contribution >= 0.6 is 0 Å². The molecule has 0 aromatic heterocycles. The van der Waals surface area contributed by atoms with Crippen LogP contribution in [0.3, 0.4) is 0 Å². The normalized spacial score (nSPS) is 12.9. The van der Waals surface area contributed by atoms with E-state index in [0.29, 0.717) is 6.42 Å². The van der Waals surface area contributed by atoms with Gasteiger partial charge in [0, 0.05) is 6.42 Å². The topological polar surface area (TPSA) is 66.4 Å². The minimum atomic E-state index is -0.960. The van der Waals surface area contributed by atoms with Gasteiger partial charge >= 0.3 is 5.97 Å². The molecule has 2 N–H and O–H groups in total. The Morgan fingerprint density at radius 3 is 1.96 bits per heavy atom. The van der Waals surface area contributed by atoms with Gasteiger partial charge in [0.25, 0.3) is 0 Å². The van der Waals surface area contributed by atoms with E-state index in [2.05, 4.69) is 36.5 Å². The molecule has 0 aliphatic rings. The van der Waals surface area contributed by atoms with Crippen LogP contribution in [0.1, 0.15) is 97.8 Å². The molecule has 1 atom stereocenters. The van der Waals surface area contributed by atoms with Gasteiger partial charge in [0.1, 0.15) is 6.04 Å². The Balaban J connectivity index is 3.52. The third kappa shape index (κ3) is 16.3. The predicted octanol–water partition coefficient (Wildman–Crippen LogP) is 6.03. The molecule has 0 saturated carbocycles. The molecule has 0 aliphatic carbocycles. The van der Waals surface area contributed by atoms with Crippen LogP contribution in [0.2, 0.25) is 0 Å². The van der Waals surface area contributed by atoms with E-state index in [1.807, 2.05) is 0 Å². The van der Waals surface area contributed by atoms with E-state index in [1.165, 1.54) is 38.5 Å². The van der Waals surface area contributed by atoms with E-state index in [1.54, 1.807) is 13.8 Å². The first-order valence-corrected chi connectivity index (χ1v) is 10.8. The van der Waals surface area contributed by atoms with Crippen molar-refractivity contribution in [3.05, 3.63) is 24.3 Å². The van der Waals surface area contributed by atoms with E-state index in [0.717, 1.165) is 32.1 Å². The summed E-state index contributed by atoms with van der Waals surface area (Å²) in [7, 11) is 0. The second kappa shape index (κ2) is 17.8. The van der Waals surface area contributed by atoms with Gasteiger partial charge in [-0.05, 0) is 44.4 Å². The van der Waals surface area contributed by atoms with Crippen molar-refractivity contribution in [1.82, 2.24) is 5.32 Å². The molecule has 0 spiro atoms. The number of carboxylic acid groups (broad SMARTS) is 1. The molecule has 4 heteroatoms. The molecule has 1 unspecified atom stereocenters. The van der Waals surface area contributed by atoms with E-state index >= 15 is 0 Å². The average molecular weight is 380 g/mol. The molecule has 0 fully saturated rings. The second-order valence-corrected chi connectivity index (χ2v) is 7.61. The summed E-state index contributed by atoms with van der Waals surface area (Å²) >= 11 is 0. The van der Waals surface area contributed by atoms with Crippen LogP contribution in [0, 0.1) is 5.92 Å². The Kier molecular flexibility index (Phi) is 16.8. The zero-order chi connectivity index (χ0) is 20.3. The molecule has 0 rings (SSSR count). The third-order valence-corrected chi connectivity index (χ3v) is 4.60. The molecule has 27 heavy (non-hydrogen) atoms. The summed E-state index contributed by atoms with van der Waals surface area (Å²) in [6, 6.07) is -0.782. The standard InChI is InChI=1S/C23H41NO3/c1-4-5-6-7-8-9-10-11-12-13-14-15-16-17-18-19-21(25)24-22(20(2)3)23(26)27/h8-9,11-12,20,22H,4-7,10,13-19H2,1-3H3,(H,24,25)(H,26,27)/b9-8-,12-11-. The van der Waals surface area contributed by atoms with Gasteiger partial charge in [-0.2, -0.15) is 0 Å². The second-order valence-electron chi connectivity index (χ2n) is 7.61. The monoisotopic (exact) mass is 379 g/mol. The van der Waals surface area contributed by atoms with Crippen LogP contribution < -0.4 is 5.32 Å². The van der Waals surface area contributed by atoms with Crippen LogP contribution in [0.25, 0.3) is 0 Å². The number of hydrogen-bond donors (Lipinski definition) is 2. The lowest BCUT2D eigenvalue weighted by molar-refractivity contribution is -0.143. The lowest BCUT2D eigenvalue weighted by atomic mass is 10.0. The lowest BCUT2D eigenvalue weighted by Gasteiger charge is -2.17. The summed E-state index contributed by atoms with van der Waals surface area (Å²) in [5.74, 6) is -1.21. The highest BCUT2D eigenvalue weighted by atomic mass is 16.4. The largest absolute Gasteiger partial charge is 0.480 e. The minimum Gasteiger partial charge on any atom is -0.480 e. The number of allylic oxidation sites excluding steroid dienone is 4. The number of carbonyl (C=O) groups is 2. The number of hydrogen-bond acceptors (Lipinski definition) is 2. The van der Waals surface area contributed by atoms with Crippen molar-refractivity contribution in [2.45, 2.75) is 104 Å². The highest BCUT2D eigenvalue weighted by Gasteiger charge is 2.22. The number of rotatable bonds is 17. The molecule has 1 amide bonds. The summed E-state index contributed by atoms with van der Waals surface area (Å²) < 4.78 is 0. The fourth-order valence-electron chi connectivity index (χ4n) is 2.86. The van der Waals surface area contributed by atoms with E-state index in [9.17, 15) is 9.59 Å². The molecule has 0 aliphatic heterocycles. The van der Waals surface area contributed by atoms with Crippen molar-refractivity contribution in [3.8, 4) is 0 Å². The fourth-order valence-corrected chi connectivity index (χ4v) is 2.86. The first kappa shape index (κ1) is 25.4. The molecule has 0 bridgehead atoms. The molecular formula is C23H41NO3. The van der Waals surface area contributed by atoms with Gasteiger partial charge in [0.15, 0.2) is 0 Å². The minimum absolute atomic E-state index is 0.101. The average Bonchev–Trinajstić information content (AvgIpc) is 2.62. The maximum Gasteiger partial charge on any atom is 0.326 e. The van der Waals surface area contributed by atoms with Gasteiger partial charge in [-0.1, -0.05) is 77.2 Å². The summed E-state index contributed by atoms with van der Waals surface area (Å²) in [6.07, 6.45) is 22.1. The van der Waals surface area contributed by atoms with Crippen molar-refractivity contribution in [2.75, 3.05) is 0 Å². The van der Waals surface area contributed by atoms with Gasteiger partial charge in [0.05, 0.1) is 0 Å². The van der Waals surface area contributed by atoms with E-state index in [-0.39, 0.29) is 11.8 Å². The summed E-state index contributed by atoms with van der Waals surface area (Å²) in [5.41, 5.74) is 0. The molecule has 156 valence electrons. The smallest absolute Gasteiger partial charge is 0.326 e. The number of unbranched alkanes of at least 4 members (excludes halogenated alkanes) is 8. The number of nitrogens with one attached hydrogen (secondary N) is 1. The predicted molar refractivity (Wildman–Crippen MR) is 114 cm³/mol. The zero-order valence-corrected chi connectivity index (χ0v) is 17.7. The van der Waals surface area contributed by atoms with Gasteiger partial charge in [-0.25, -0.2) is 4.79 Å². The summed E-state index contributed by atoms with van der Waals surface area (Å²) in [6.45, 7) is 5.84. The van der Waals surface area contributed by atoms with E-state index in [4.69, 9.17) is 5.11 Å². The maximum absolute atomic E-state index is 11.8.